The van der Waals surface area contributed by atoms with Crippen molar-refractivity contribution in [2.45, 2.75) is 10.3 Å². The molecule has 1 heterocycles. The average molecular weight is 320 g/mol. The number of nitrogens with zero attached hydrogens (tertiary/aromatic N) is 1. The molecule has 1 amide bonds. The van der Waals surface area contributed by atoms with E-state index in [9.17, 15) is 14.4 Å². The summed E-state index contributed by atoms with van der Waals surface area (Å²) in [7, 11) is 1.38. The van der Waals surface area contributed by atoms with E-state index in [1.54, 1.807) is 24.3 Å². The van der Waals surface area contributed by atoms with Gasteiger partial charge in [-0.2, -0.15) is 0 Å². The highest BCUT2D eigenvalue weighted by atomic mass is 32.2. The lowest BCUT2D eigenvalue weighted by Gasteiger charge is -2.20. The van der Waals surface area contributed by atoms with Crippen LogP contribution in [0.25, 0.3) is 0 Å². The van der Waals surface area contributed by atoms with Crippen LogP contribution in [0.1, 0.15) is 21.3 Å². The van der Waals surface area contributed by atoms with Crippen molar-refractivity contribution >= 4 is 23.4 Å². The van der Waals surface area contributed by atoms with Crippen molar-refractivity contribution in [1.29, 1.82) is 0 Å². The molecule has 114 valence electrons. The van der Waals surface area contributed by atoms with Crippen LogP contribution in [0.15, 0.2) is 41.3 Å². The molecule has 0 aromatic heterocycles. The standard InChI is InChI=1S/C15H13FN2O3S/c1-21-11-4-2-3-9(13(11)16)15-18(20)10-6-5-8(14(17)19)7-12(10)22-15/h2-7,15,20H,1H3,(H2,17,19). The summed E-state index contributed by atoms with van der Waals surface area (Å²) in [4.78, 5) is 11.9. The molecule has 0 spiro atoms. The number of hydrogen-bond acceptors (Lipinski definition) is 5. The number of hydroxylamine groups is 1. The van der Waals surface area contributed by atoms with Crippen LogP contribution in [0.4, 0.5) is 10.1 Å². The Labute approximate surface area is 130 Å². The van der Waals surface area contributed by atoms with Crippen molar-refractivity contribution in [2.75, 3.05) is 12.2 Å². The molecule has 7 heteroatoms. The quantitative estimate of drug-likeness (QED) is 0.909. The molecular formula is C15H13FN2O3S. The van der Waals surface area contributed by atoms with Gasteiger partial charge >= 0.3 is 0 Å². The average Bonchev–Trinajstić information content (AvgIpc) is 2.84. The number of fused-ring (bicyclic) bond motifs is 1. The summed E-state index contributed by atoms with van der Waals surface area (Å²) in [5.41, 5.74) is 6.39. The minimum Gasteiger partial charge on any atom is -0.494 e. The number of carbonyl (C=O) groups excluding carboxylic acids is 1. The molecule has 0 radical (unpaired) electrons. The van der Waals surface area contributed by atoms with Gasteiger partial charge in [0.2, 0.25) is 5.91 Å². The van der Waals surface area contributed by atoms with Crippen molar-refractivity contribution in [3.05, 3.63) is 53.3 Å². The van der Waals surface area contributed by atoms with Crippen LogP contribution in [0, 0.1) is 5.82 Å². The Morgan fingerprint density at radius 3 is 2.86 bits per heavy atom. The Morgan fingerprint density at radius 1 is 1.41 bits per heavy atom. The van der Waals surface area contributed by atoms with Crippen molar-refractivity contribution in [3.8, 4) is 5.75 Å². The molecule has 3 rings (SSSR count). The number of nitrogens with two attached hydrogens (primary N) is 1. The second-order valence-corrected chi connectivity index (χ2v) is 5.85. The van der Waals surface area contributed by atoms with Gasteiger partial charge in [0.05, 0.1) is 12.8 Å². The molecule has 1 atom stereocenters. The summed E-state index contributed by atoms with van der Waals surface area (Å²) < 4.78 is 19.3. The molecule has 0 bridgehead atoms. The molecule has 5 nitrogen and oxygen atoms in total. The van der Waals surface area contributed by atoms with Crippen molar-refractivity contribution < 1.29 is 19.1 Å². The molecule has 0 saturated heterocycles. The van der Waals surface area contributed by atoms with Crippen LogP contribution in [0.3, 0.4) is 0 Å². The number of amides is 1. The fourth-order valence-corrected chi connectivity index (χ4v) is 3.56. The zero-order chi connectivity index (χ0) is 15.9. The van der Waals surface area contributed by atoms with Crippen molar-refractivity contribution in [2.24, 2.45) is 5.73 Å². The Balaban J connectivity index is 2.00. The van der Waals surface area contributed by atoms with Gasteiger partial charge in [0, 0.05) is 16.0 Å². The number of anilines is 1. The number of carbonyl (C=O) groups is 1. The molecular weight excluding hydrogens is 307 g/mol. The predicted octanol–water partition coefficient (Wildman–Crippen LogP) is 2.93. The maximum atomic E-state index is 14.4. The first-order chi connectivity index (χ1) is 10.5. The predicted molar refractivity (Wildman–Crippen MR) is 80.8 cm³/mol. The Hall–Kier alpha value is -2.25. The monoisotopic (exact) mass is 320 g/mol. The van der Waals surface area contributed by atoms with Gasteiger partial charge in [-0.05, 0) is 24.3 Å². The normalized spacial score (nSPS) is 16.5. The Morgan fingerprint density at radius 2 is 2.18 bits per heavy atom. The molecule has 3 N–H and O–H groups in total. The van der Waals surface area contributed by atoms with E-state index in [2.05, 4.69) is 0 Å². The van der Waals surface area contributed by atoms with E-state index < -0.39 is 17.1 Å². The third kappa shape index (κ3) is 2.28. The molecule has 22 heavy (non-hydrogen) atoms. The van der Waals surface area contributed by atoms with Crippen LogP contribution >= 0.6 is 11.8 Å². The first-order valence-electron chi connectivity index (χ1n) is 6.44. The van der Waals surface area contributed by atoms with E-state index in [1.807, 2.05) is 0 Å². The van der Waals surface area contributed by atoms with Crippen LogP contribution < -0.4 is 15.5 Å². The van der Waals surface area contributed by atoms with Crippen LogP contribution in [0.2, 0.25) is 0 Å². The molecule has 0 fully saturated rings. The topological polar surface area (TPSA) is 75.8 Å². The first-order valence-corrected chi connectivity index (χ1v) is 7.32. The van der Waals surface area contributed by atoms with Crippen molar-refractivity contribution in [3.63, 3.8) is 0 Å². The molecule has 0 saturated carbocycles. The minimum atomic E-state index is -0.659. The highest BCUT2D eigenvalue weighted by molar-refractivity contribution is 8.00. The first kappa shape index (κ1) is 14.7. The summed E-state index contributed by atoms with van der Waals surface area (Å²) in [6.45, 7) is 0. The summed E-state index contributed by atoms with van der Waals surface area (Å²) in [5.74, 6) is -0.964. The Bertz CT molecular complexity index is 754. The lowest BCUT2D eigenvalue weighted by atomic mass is 10.1. The van der Waals surface area contributed by atoms with Gasteiger partial charge in [-0.1, -0.05) is 23.9 Å². The lowest BCUT2D eigenvalue weighted by Crippen LogP contribution is -2.19. The summed E-state index contributed by atoms with van der Waals surface area (Å²) in [6.07, 6.45) is 0. The molecule has 0 aliphatic carbocycles. The van der Waals surface area contributed by atoms with Gasteiger partial charge < -0.3 is 10.5 Å². The number of ether oxygens (including phenoxy) is 1. The highest BCUT2D eigenvalue weighted by Crippen LogP contribution is 2.51. The largest absolute Gasteiger partial charge is 0.494 e. The van der Waals surface area contributed by atoms with Gasteiger partial charge in [-0.3, -0.25) is 10.0 Å². The maximum absolute atomic E-state index is 14.4. The minimum absolute atomic E-state index is 0.111. The van der Waals surface area contributed by atoms with Gasteiger partial charge in [0.25, 0.3) is 0 Å². The van der Waals surface area contributed by atoms with Crippen LogP contribution in [0.5, 0.6) is 5.75 Å². The summed E-state index contributed by atoms with van der Waals surface area (Å²) in [5, 5.41) is 10.6. The number of methoxy groups -OCH3 is 1. The number of primary amides is 1. The lowest BCUT2D eigenvalue weighted by molar-refractivity contribution is 0.1000. The van der Waals surface area contributed by atoms with Crippen LogP contribution in [-0.4, -0.2) is 18.2 Å². The highest BCUT2D eigenvalue weighted by Gasteiger charge is 2.33. The molecule has 1 aliphatic rings. The third-order valence-corrected chi connectivity index (χ3v) is 4.69. The number of halogens is 1. The van der Waals surface area contributed by atoms with Gasteiger partial charge in [-0.25, -0.2) is 9.45 Å². The fraction of sp³-hybridized carbons (Fsp3) is 0.133. The SMILES string of the molecule is COc1cccc(C2Sc3cc(C(N)=O)ccc3N2O)c1F. The molecule has 2 aromatic carbocycles. The van der Waals surface area contributed by atoms with Crippen LogP contribution in [-0.2, 0) is 0 Å². The maximum Gasteiger partial charge on any atom is 0.248 e. The van der Waals surface area contributed by atoms with E-state index in [0.717, 1.165) is 5.06 Å². The number of hydrogen-bond donors (Lipinski definition) is 2. The zero-order valence-electron chi connectivity index (χ0n) is 11.6. The summed E-state index contributed by atoms with van der Waals surface area (Å²) in [6, 6.07) is 9.45. The van der Waals surface area contributed by atoms with E-state index in [1.165, 1.54) is 31.0 Å². The van der Waals surface area contributed by atoms with E-state index in [-0.39, 0.29) is 5.75 Å². The molecule has 2 aromatic rings. The number of thioether (sulfide) groups is 1. The zero-order valence-corrected chi connectivity index (χ0v) is 12.4. The number of rotatable bonds is 3. The molecule has 1 aliphatic heterocycles. The molecule has 1 unspecified atom stereocenters. The Kier molecular flexibility index (Phi) is 3.67. The second-order valence-electron chi connectivity index (χ2n) is 4.73. The van der Waals surface area contributed by atoms with Crippen molar-refractivity contribution in [1.82, 2.24) is 0 Å². The van der Waals surface area contributed by atoms with E-state index in [0.29, 0.717) is 21.7 Å². The smallest absolute Gasteiger partial charge is 0.248 e. The van der Waals surface area contributed by atoms with Gasteiger partial charge in [0.1, 0.15) is 5.37 Å². The van der Waals surface area contributed by atoms with Gasteiger partial charge in [-0.15, -0.1) is 0 Å². The fourth-order valence-electron chi connectivity index (χ4n) is 2.32. The third-order valence-electron chi connectivity index (χ3n) is 3.43. The summed E-state index contributed by atoms with van der Waals surface area (Å²) >= 11 is 1.23. The second kappa shape index (κ2) is 5.51. The number of benzene rings is 2. The van der Waals surface area contributed by atoms with E-state index >= 15 is 0 Å². The van der Waals surface area contributed by atoms with E-state index in [4.69, 9.17) is 10.5 Å². The van der Waals surface area contributed by atoms with Gasteiger partial charge in [0.15, 0.2) is 11.6 Å².